The second kappa shape index (κ2) is 15.1. The summed E-state index contributed by atoms with van der Waals surface area (Å²) in [6.45, 7) is 30.9. The van der Waals surface area contributed by atoms with Gasteiger partial charge in [0.1, 0.15) is 0 Å². The van der Waals surface area contributed by atoms with Crippen molar-refractivity contribution in [1.29, 1.82) is 0 Å². The topological polar surface area (TPSA) is 0 Å². The van der Waals surface area contributed by atoms with E-state index in [0.717, 1.165) is 12.8 Å². The van der Waals surface area contributed by atoms with Crippen LogP contribution in [0.2, 0.25) is 9.26 Å². The molecule has 0 nitrogen and oxygen atoms in total. The maximum Gasteiger partial charge on any atom is -0.147 e. The van der Waals surface area contributed by atoms with Gasteiger partial charge in [-0.25, -0.2) is 0 Å². The number of hydrogen-bond acceptors (Lipinski definition) is 0. The third kappa shape index (κ3) is 8.94. The summed E-state index contributed by atoms with van der Waals surface area (Å²) in [5.74, 6) is 0. The number of allylic oxidation sites excluding steroid dienone is 2. The van der Waals surface area contributed by atoms with E-state index in [1.165, 1.54) is 44.5 Å². The summed E-state index contributed by atoms with van der Waals surface area (Å²) in [7, 11) is 0. The molecule has 4 aromatic carbocycles. The van der Waals surface area contributed by atoms with Crippen LogP contribution in [0.4, 0.5) is 0 Å². The fourth-order valence-electron chi connectivity index (χ4n) is 9.67. The van der Waals surface area contributed by atoms with Gasteiger partial charge in [0.25, 0.3) is 0 Å². The van der Waals surface area contributed by atoms with Crippen LogP contribution in [0.5, 0.6) is 0 Å². The third-order valence-corrected chi connectivity index (χ3v) is 29.3. The van der Waals surface area contributed by atoms with Crippen LogP contribution in [0, 0.1) is 10.8 Å². The van der Waals surface area contributed by atoms with Crippen LogP contribution in [0.3, 0.4) is 0 Å². The molecule has 2 aliphatic rings. The van der Waals surface area contributed by atoms with Gasteiger partial charge in [0.15, 0.2) is 0 Å². The Morgan fingerprint density at radius 1 is 0.481 bits per heavy atom. The molecule has 0 saturated heterocycles. The molecule has 0 amide bonds. The normalized spacial score (nSPS) is 17.5. The average Bonchev–Trinajstić information content (AvgIpc) is 3.57. The molecule has 2 unspecified atom stereocenters. The van der Waals surface area contributed by atoms with Gasteiger partial charge in [-0.2, -0.15) is 0 Å². The molecular weight excluding hydrogens is 791 g/mol. The summed E-state index contributed by atoms with van der Waals surface area (Å²) in [5.41, 5.74) is 18.3. The molecule has 4 aromatic rings. The van der Waals surface area contributed by atoms with Crippen molar-refractivity contribution >= 4 is 43.8 Å². The van der Waals surface area contributed by atoms with Crippen LogP contribution >= 0.6 is 24.8 Å². The van der Waals surface area contributed by atoms with Crippen LogP contribution in [-0.2, 0) is 28.2 Å². The molecule has 0 heterocycles. The van der Waals surface area contributed by atoms with E-state index in [9.17, 15) is 0 Å². The fourth-order valence-corrected chi connectivity index (χ4v) is 29.3. The maximum atomic E-state index is 2.82. The molecule has 0 bridgehead atoms. The first kappa shape index (κ1) is 44.8. The molecular formula is C50H68Cl2SiZr. The number of benzene rings is 4. The van der Waals surface area contributed by atoms with Gasteiger partial charge >= 0.3 is 322 Å². The molecule has 290 valence electrons. The Balaban J connectivity index is 0.00000325. The Bertz CT molecular complexity index is 1980. The van der Waals surface area contributed by atoms with E-state index >= 15 is 0 Å². The van der Waals surface area contributed by atoms with Crippen molar-refractivity contribution in [1.82, 2.24) is 0 Å². The van der Waals surface area contributed by atoms with Crippen LogP contribution in [0.15, 0.2) is 96.1 Å². The molecule has 4 heteroatoms. The number of fused-ring (bicyclic) bond motifs is 2. The first-order valence-electron chi connectivity index (χ1n) is 19.8. The summed E-state index contributed by atoms with van der Waals surface area (Å²) in [6.07, 6.45) is 7.55. The van der Waals surface area contributed by atoms with E-state index in [-0.39, 0.29) is 46.5 Å². The minimum absolute atomic E-state index is 0. The Morgan fingerprint density at radius 3 is 1.07 bits per heavy atom. The number of halogens is 2. The zero-order valence-corrected chi connectivity index (χ0v) is 41.3. The maximum absolute atomic E-state index is 3.86. The second-order valence-electron chi connectivity index (χ2n) is 22.0. The van der Waals surface area contributed by atoms with E-state index < -0.39 is 17.4 Å². The van der Waals surface area contributed by atoms with Crippen LogP contribution < -0.4 is 0 Å². The van der Waals surface area contributed by atoms with E-state index in [4.69, 9.17) is 0 Å². The zero-order valence-electron chi connectivity index (χ0n) is 35.8. The largest absolute Gasteiger partial charge is 0.147 e. The van der Waals surface area contributed by atoms with Gasteiger partial charge in [-0.3, -0.25) is 0 Å². The molecule has 0 aliphatic heterocycles. The van der Waals surface area contributed by atoms with Crippen molar-refractivity contribution in [3.63, 3.8) is 0 Å². The Labute approximate surface area is 344 Å². The molecule has 6 rings (SSSR count). The first-order chi connectivity index (χ1) is 23.8. The summed E-state index contributed by atoms with van der Waals surface area (Å²) in [6, 6.07) is 33.3. The number of rotatable bonds is 6. The molecule has 0 radical (unpaired) electrons. The van der Waals surface area contributed by atoms with Crippen molar-refractivity contribution in [2.75, 3.05) is 0 Å². The SMILES string of the molecule is CC(C)(C)CC1=Cc2c(-c3ccc(C(C)(C)C)cc3)cccc2[CH]1[Zr]([CH3])([CH3])(=[SiH2])[CH]1C(CC(C)(C)C)=Cc2c(-c3ccc(C(C)(C)C)cc3)cccc21.Cl.Cl. The Hall–Kier alpha value is -1.96. The van der Waals surface area contributed by atoms with Crippen LogP contribution in [0.25, 0.3) is 34.4 Å². The summed E-state index contributed by atoms with van der Waals surface area (Å²) < 4.78 is 6.61. The fraction of sp³-hybridized carbons (Fsp3) is 0.440. The van der Waals surface area contributed by atoms with Crippen molar-refractivity contribution in [3.05, 3.63) is 129 Å². The Morgan fingerprint density at radius 2 is 0.796 bits per heavy atom. The van der Waals surface area contributed by atoms with Crippen molar-refractivity contribution < 1.29 is 17.4 Å². The van der Waals surface area contributed by atoms with Crippen LogP contribution in [-0.4, -0.2) is 6.88 Å². The van der Waals surface area contributed by atoms with Gasteiger partial charge in [0.05, 0.1) is 0 Å². The quantitative estimate of drug-likeness (QED) is 0.170. The minimum atomic E-state index is -3.86. The van der Waals surface area contributed by atoms with Crippen molar-refractivity contribution in [2.24, 2.45) is 10.8 Å². The van der Waals surface area contributed by atoms with Crippen molar-refractivity contribution in [2.45, 2.75) is 123 Å². The Kier molecular flexibility index (Phi) is 12.5. The van der Waals surface area contributed by atoms with Crippen LogP contribution in [0.1, 0.15) is 137 Å². The van der Waals surface area contributed by atoms with Crippen molar-refractivity contribution in [3.8, 4) is 22.3 Å². The van der Waals surface area contributed by atoms with Gasteiger partial charge in [-0.1, -0.05) is 0 Å². The summed E-state index contributed by atoms with van der Waals surface area (Å²) in [5, 5.41) is 0. The van der Waals surface area contributed by atoms with Gasteiger partial charge < -0.3 is 0 Å². The van der Waals surface area contributed by atoms with Gasteiger partial charge in [-0.05, 0) is 0 Å². The zero-order chi connectivity index (χ0) is 38.3. The van der Waals surface area contributed by atoms with E-state index in [1.807, 2.05) is 0 Å². The minimum Gasteiger partial charge on any atom is -0.147 e. The molecule has 0 spiro atoms. The second-order valence-corrected chi connectivity index (χ2v) is 52.5. The van der Waals surface area contributed by atoms with E-state index in [2.05, 4.69) is 196 Å². The molecule has 54 heavy (non-hydrogen) atoms. The molecule has 0 saturated carbocycles. The van der Waals surface area contributed by atoms with Gasteiger partial charge in [-0.15, -0.1) is 24.8 Å². The number of hydrogen-bond donors (Lipinski definition) is 0. The molecule has 0 N–H and O–H groups in total. The average molecular weight is 859 g/mol. The molecule has 2 atom stereocenters. The van der Waals surface area contributed by atoms with Gasteiger partial charge in [0, 0.05) is 0 Å². The molecule has 0 fully saturated rings. The predicted octanol–water partition coefficient (Wildman–Crippen LogP) is 15.2. The summed E-state index contributed by atoms with van der Waals surface area (Å²) >= 11 is -3.86. The molecule has 0 aromatic heterocycles. The standard InChI is InChI=1S/2C24H29.2CH3.2ClH.H2Si.Zr/c2*1-23(2,3)16-17-14-19-8-7-9-21(22(19)15-17)18-10-12-20(13-11-18)24(4,5)6;;;;;;/h2*7-15H,16H2,1-6H3;2*1H3;2*1H;1H2;. The predicted molar refractivity (Wildman–Crippen MR) is 246 cm³/mol. The first-order valence-corrected chi connectivity index (χ1v) is 33.5. The monoisotopic (exact) mass is 856 g/mol. The third-order valence-electron chi connectivity index (χ3n) is 11.8. The molecule has 2 aliphatic carbocycles. The van der Waals surface area contributed by atoms with Gasteiger partial charge in [0.2, 0.25) is 0 Å². The van der Waals surface area contributed by atoms with E-state index in [1.54, 1.807) is 22.3 Å². The summed E-state index contributed by atoms with van der Waals surface area (Å²) in [4.78, 5) is 0. The smallest absolute Gasteiger partial charge is 0.147 e. The van der Waals surface area contributed by atoms with E-state index in [0.29, 0.717) is 7.25 Å².